The molecule has 1 saturated carbocycles. The van der Waals surface area contributed by atoms with E-state index in [1.54, 1.807) is 29.2 Å². The van der Waals surface area contributed by atoms with Gasteiger partial charge in [0, 0.05) is 43.2 Å². The summed E-state index contributed by atoms with van der Waals surface area (Å²) in [7, 11) is 1.38. The summed E-state index contributed by atoms with van der Waals surface area (Å²) < 4.78 is 40.2. The predicted octanol–water partition coefficient (Wildman–Crippen LogP) is 7.54. The van der Waals surface area contributed by atoms with E-state index < -0.39 is 23.8 Å². The van der Waals surface area contributed by atoms with Crippen LogP contribution in [0.2, 0.25) is 0 Å². The smallest absolute Gasteiger partial charge is 0.409 e. The Balaban J connectivity index is 1.74. The lowest BCUT2D eigenvalue weighted by Gasteiger charge is -2.59. The summed E-state index contributed by atoms with van der Waals surface area (Å²) >= 11 is 0. The molecule has 5 rings (SSSR count). The summed E-state index contributed by atoms with van der Waals surface area (Å²) in [6.45, 7) is 9.05. The number of carbonyl (C=O) groups is 1. The summed E-state index contributed by atoms with van der Waals surface area (Å²) in [5.41, 5.74) is 3.06. The molecule has 0 saturated heterocycles. The highest BCUT2D eigenvalue weighted by Crippen LogP contribution is 2.62. The number of benzene rings is 2. The van der Waals surface area contributed by atoms with Gasteiger partial charge < -0.3 is 34.0 Å². The Morgan fingerprint density at radius 3 is 2.58 bits per heavy atom. The maximum atomic E-state index is 14.6. The molecule has 1 heterocycles. The molecule has 0 spiro atoms. The number of amides is 1. The minimum absolute atomic E-state index is 0.0556. The van der Waals surface area contributed by atoms with Gasteiger partial charge in [0.2, 0.25) is 5.79 Å². The maximum Gasteiger partial charge on any atom is 0.409 e. The molecule has 284 valence electrons. The Bertz CT molecular complexity index is 1560. The number of methoxy groups -OCH3 is 1. The lowest BCUT2D eigenvalue weighted by molar-refractivity contribution is -0.255. The maximum absolute atomic E-state index is 14.6. The number of allylic oxidation sites excluding steroid dienone is 1. The summed E-state index contributed by atoms with van der Waals surface area (Å²) in [4.78, 5) is 21.0. The van der Waals surface area contributed by atoms with Crippen molar-refractivity contribution in [2.75, 3.05) is 40.1 Å². The molecule has 1 amide bonds. The fraction of sp³-hybridized carbons (Fsp3) is 0.561. The van der Waals surface area contributed by atoms with Crippen LogP contribution in [-0.2, 0) is 20.9 Å². The summed E-state index contributed by atoms with van der Waals surface area (Å²) in [5.74, 6) is -0.958. The van der Waals surface area contributed by atoms with Gasteiger partial charge in [0.05, 0.1) is 25.3 Å². The van der Waals surface area contributed by atoms with Gasteiger partial charge in [-0.15, -0.1) is 6.58 Å². The van der Waals surface area contributed by atoms with Crippen LogP contribution in [0.5, 0.6) is 11.5 Å². The highest BCUT2D eigenvalue weighted by atomic mass is 19.1. The topological polar surface area (TPSA) is 119 Å². The molecule has 6 atom stereocenters. The number of rotatable bonds is 19. The van der Waals surface area contributed by atoms with Crippen LogP contribution in [-0.4, -0.2) is 78.8 Å². The van der Waals surface area contributed by atoms with Crippen molar-refractivity contribution in [1.82, 2.24) is 4.90 Å². The van der Waals surface area contributed by atoms with Gasteiger partial charge in [0.1, 0.15) is 36.6 Å². The second-order valence-electron chi connectivity index (χ2n) is 13.7. The minimum Gasteiger partial charge on any atom is -0.489 e. The quantitative estimate of drug-likeness (QED) is 0.0868. The van der Waals surface area contributed by atoms with Gasteiger partial charge in [-0.05, 0) is 80.7 Å². The van der Waals surface area contributed by atoms with Crippen molar-refractivity contribution in [2.45, 2.75) is 89.6 Å². The van der Waals surface area contributed by atoms with Crippen LogP contribution < -0.4 is 9.47 Å². The molecule has 2 aliphatic carbocycles. The number of unbranched alkanes of at least 4 members (excludes halogenated alkanes) is 2. The third-order valence-corrected chi connectivity index (χ3v) is 10.6. The van der Waals surface area contributed by atoms with E-state index in [2.05, 4.69) is 17.8 Å². The molecule has 11 heteroatoms. The molecule has 0 aromatic heterocycles. The third kappa shape index (κ3) is 8.32. The summed E-state index contributed by atoms with van der Waals surface area (Å²) in [6, 6.07) is 11.6. The number of aliphatic hydroxyl groups is 2. The number of carbonyl (C=O) groups excluding carboxylic acids is 1. The second kappa shape index (κ2) is 18.7. The standard InChI is InChI=1S/C41H55FN2O8/c1-5-20-44(40(47)48-4)37-26-35(43-51-7-3)32-24-28(14-10-12-21-45)31(16-11-13-22-46)38-33-25-30(49-27-29-15-8-9-17-34(29)42)18-19-36(33)52-41(37,39(32)38)50-23-6-2/h6,8-9,15,17-19,24-25,28,31,37-39,45-46H,2,5,7,10-14,16,20-23,26-27H2,1,3-4H3. The van der Waals surface area contributed by atoms with Crippen LogP contribution in [0.3, 0.4) is 0 Å². The zero-order chi connectivity index (χ0) is 37.1. The van der Waals surface area contributed by atoms with Crippen LogP contribution in [0.4, 0.5) is 9.18 Å². The molecule has 1 fully saturated rings. The first-order valence-electron chi connectivity index (χ1n) is 18.8. The van der Waals surface area contributed by atoms with Gasteiger partial charge in [-0.1, -0.05) is 55.3 Å². The van der Waals surface area contributed by atoms with E-state index in [0.717, 1.165) is 42.5 Å². The lowest BCUT2D eigenvalue weighted by Crippen LogP contribution is -2.70. The van der Waals surface area contributed by atoms with Crippen molar-refractivity contribution in [2.24, 2.45) is 22.9 Å². The van der Waals surface area contributed by atoms with Crippen molar-refractivity contribution >= 4 is 11.8 Å². The zero-order valence-corrected chi connectivity index (χ0v) is 30.8. The molecule has 2 aromatic rings. The number of aliphatic hydroxyl groups excluding tert-OH is 2. The van der Waals surface area contributed by atoms with Crippen LogP contribution in [0.15, 0.2) is 71.9 Å². The predicted molar refractivity (Wildman–Crippen MR) is 197 cm³/mol. The average Bonchev–Trinajstić information content (AvgIpc) is 3.16. The third-order valence-electron chi connectivity index (χ3n) is 10.6. The molecule has 6 unspecified atom stereocenters. The first-order valence-corrected chi connectivity index (χ1v) is 18.8. The molecule has 3 aliphatic rings. The first-order chi connectivity index (χ1) is 25.4. The number of nitrogens with zero attached hydrogens (tertiary/aromatic N) is 2. The average molecular weight is 723 g/mol. The van der Waals surface area contributed by atoms with E-state index in [4.69, 9.17) is 23.8 Å². The minimum atomic E-state index is -1.35. The molecular formula is C41H55FN2O8. The van der Waals surface area contributed by atoms with Gasteiger partial charge in [-0.3, -0.25) is 4.90 Å². The van der Waals surface area contributed by atoms with Crippen LogP contribution in [0.1, 0.15) is 82.3 Å². The van der Waals surface area contributed by atoms with Crippen molar-refractivity contribution in [3.63, 3.8) is 0 Å². The monoisotopic (exact) mass is 722 g/mol. The first kappa shape index (κ1) is 39.3. The van der Waals surface area contributed by atoms with Crippen LogP contribution in [0, 0.1) is 23.6 Å². The Hall–Kier alpha value is -3.93. The number of hydrogen-bond acceptors (Lipinski definition) is 9. The molecule has 0 radical (unpaired) electrons. The largest absolute Gasteiger partial charge is 0.489 e. The number of ether oxygens (including phenoxy) is 4. The van der Waals surface area contributed by atoms with Crippen LogP contribution >= 0.6 is 0 Å². The summed E-state index contributed by atoms with van der Waals surface area (Å²) in [6.07, 6.45) is 9.11. The van der Waals surface area contributed by atoms with Crippen molar-refractivity contribution in [1.29, 1.82) is 0 Å². The number of hydrogen-bond donors (Lipinski definition) is 2. The summed E-state index contributed by atoms with van der Waals surface area (Å²) in [5, 5.41) is 24.2. The Kier molecular flexibility index (Phi) is 14.1. The number of halogens is 1. The molecule has 2 N–H and O–H groups in total. The van der Waals surface area contributed by atoms with Gasteiger partial charge in [-0.25, -0.2) is 9.18 Å². The zero-order valence-electron chi connectivity index (χ0n) is 30.8. The van der Waals surface area contributed by atoms with Crippen molar-refractivity contribution < 1.29 is 43.2 Å². The van der Waals surface area contributed by atoms with Crippen LogP contribution in [0.25, 0.3) is 0 Å². The Labute approximate surface area is 307 Å². The van der Waals surface area contributed by atoms with Gasteiger partial charge in [-0.2, -0.15) is 0 Å². The van der Waals surface area contributed by atoms with Gasteiger partial charge in [0.15, 0.2) is 0 Å². The molecule has 2 aromatic carbocycles. The normalized spacial score (nSPS) is 25.3. The molecule has 1 aliphatic heterocycles. The molecule has 0 bridgehead atoms. The van der Waals surface area contributed by atoms with Crippen molar-refractivity contribution in [3.8, 4) is 11.5 Å². The molecule has 10 nitrogen and oxygen atoms in total. The fourth-order valence-corrected chi connectivity index (χ4v) is 8.39. The van der Waals surface area contributed by atoms with E-state index in [1.807, 2.05) is 32.0 Å². The highest BCUT2D eigenvalue weighted by Gasteiger charge is 2.65. The highest BCUT2D eigenvalue weighted by molar-refractivity contribution is 6.02. The van der Waals surface area contributed by atoms with E-state index >= 15 is 0 Å². The van der Waals surface area contributed by atoms with E-state index in [1.165, 1.54) is 13.2 Å². The van der Waals surface area contributed by atoms with Crippen molar-refractivity contribution in [3.05, 3.63) is 83.7 Å². The van der Waals surface area contributed by atoms with E-state index in [-0.39, 0.29) is 50.0 Å². The Morgan fingerprint density at radius 2 is 1.88 bits per heavy atom. The van der Waals surface area contributed by atoms with Gasteiger partial charge in [0.25, 0.3) is 0 Å². The van der Waals surface area contributed by atoms with E-state index in [0.29, 0.717) is 55.9 Å². The SMILES string of the molecule is C=CCOC12Oc3ccc(OCc4ccccc4F)cc3C3C(CCCCO)C(CCCCO)C=C(C(=NOCC)CC1N(CCC)C(=O)OC)C32. The van der Waals surface area contributed by atoms with Gasteiger partial charge >= 0.3 is 6.09 Å². The molecule has 52 heavy (non-hydrogen) atoms. The Morgan fingerprint density at radius 1 is 1.12 bits per heavy atom. The second-order valence-corrected chi connectivity index (χ2v) is 13.7. The lowest BCUT2D eigenvalue weighted by atomic mass is 9.55. The molecular weight excluding hydrogens is 667 g/mol. The fourth-order valence-electron chi connectivity index (χ4n) is 8.39. The number of fused-ring (bicyclic) bond motifs is 2. The number of oxime groups is 1. The van der Waals surface area contributed by atoms with E-state index in [9.17, 15) is 19.4 Å².